The van der Waals surface area contributed by atoms with E-state index in [0.717, 1.165) is 40.0 Å². The Morgan fingerprint density at radius 1 is 0.941 bits per heavy atom. The van der Waals surface area contributed by atoms with Crippen molar-refractivity contribution in [2.75, 3.05) is 6.61 Å². The van der Waals surface area contributed by atoms with E-state index < -0.39 is 5.97 Å². The minimum Gasteiger partial charge on any atom is -0.478 e. The Morgan fingerprint density at radius 3 is 2.38 bits per heavy atom. The average Bonchev–Trinajstić information content (AvgIpc) is 3.22. The number of carboxylic acid groups (broad SMARTS) is 1. The van der Waals surface area contributed by atoms with Gasteiger partial charge in [0.25, 0.3) is 0 Å². The average molecular weight is 453 g/mol. The summed E-state index contributed by atoms with van der Waals surface area (Å²) in [5.41, 5.74) is 8.10. The van der Waals surface area contributed by atoms with Crippen LogP contribution >= 0.6 is 0 Å². The first-order valence-corrected chi connectivity index (χ1v) is 11.8. The monoisotopic (exact) mass is 452 g/mol. The minimum absolute atomic E-state index is 0.0143. The van der Waals surface area contributed by atoms with E-state index in [9.17, 15) is 15.0 Å². The van der Waals surface area contributed by atoms with E-state index in [0.29, 0.717) is 13.0 Å². The highest BCUT2D eigenvalue weighted by atomic mass is 16.4. The summed E-state index contributed by atoms with van der Waals surface area (Å²) in [7, 11) is 0. The first-order chi connectivity index (χ1) is 16.6. The molecule has 3 aromatic carbocycles. The number of para-hydroxylation sites is 1. The molecule has 0 aliphatic heterocycles. The molecule has 0 fully saturated rings. The molecule has 5 rings (SSSR count). The van der Waals surface area contributed by atoms with E-state index in [2.05, 4.69) is 47.0 Å². The smallest absolute Gasteiger partial charge is 0.335 e. The Balaban J connectivity index is 1.52. The molecular weight excluding hydrogens is 424 g/mol. The zero-order chi connectivity index (χ0) is 23.5. The molecule has 4 aromatic rings. The van der Waals surface area contributed by atoms with Crippen LogP contribution in [-0.2, 0) is 13.0 Å². The molecule has 1 aliphatic carbocycles. The molecule has 0 spiro atoms. The third-order valence-corrected chi connectivity index (χ3v) is 6.59. The van der Waals surface area contributed by atoms with E-state index in [1.807, 2.05) is 18.2 Å². The molecule has 172 valence electrons. The molecule has 2 N–H and O–H groups in total. The number of allylic oxidation sites excluding steroid dienone is 2. The van der Waals surface area contributed by atoms with Crippen molar-refractivity contribution >= 4 is 22.6 Å². The van der Waals surface area contributed by atoms with Crippen LogP contribution in [0.5, 0.6) is 0 Å². The lowest BCUT2D eigenvalue weighted by Crippen LogP contribution is -2.07. The van der Waals surface area contributed by atoms with E-state index in [1.165, 1.54) is 30.4 Å². The molecule has 0 amide bonds. The van der Waals surface area contributed by atoms with Crippen LogP contribution in [0.3, 0.4) is 0 Å². The predicted molar refractivity (Wildman–Crippen MR) is 135 cm³/mol. The van der Waals surface area contributed by atoms with Crippen LogP contribution in [0.25, 0.3) is 27.7 Å². The summed E-state index contributed by atoms with van der Waals surface area (Å²) in [5.74, 6) is -0.118. The highest BCUT2D eigenvalue weighted by molar-refractivity contribution is 5.93. The maximum atomic E-state index is 11.2. The molecule has 0 unspecified atom stereocenters. The van der Waals surface area contributed by atoms with Crippen LogP contribution in [0.15, 0.2) is 72.8 Å². The zero-order valence-electron chi connectivity index (χ0n) is 19.1. The fourth-order valence-corrected chi connectivity index (χ4v) is 4.79. The largest absolute Gasteiger partial charge is 0.478 e. The summed E-state index contributed by atoms with van der Waals surface area (Å²) in [6.07, 6.45) is 7.68. The topological polar surface area (TPSA) is 75.3 Å². The lowest BCUT2D eigenvalue weighted by atomic mass is 9.92. The number of aromatic nitrogens is 2. The van der Waals surface area contributed by atoms with Crippen LogP contribution in [0, 0.1) is 0 Å². The summed E-state index contributed by atoms with van der Waals surface area (Å²) in [4.78, 5) is 16.1. The Bertz CT molecular complexity index is 1350. The van der Waals surface area contributed by atoms with E-state index in [4.69, 9.17) is 4.98 Å². The van der Waals surface area contributed by atoms with Crippen LogP contribution in [0.4, 0.5) is 0 Å². The van der Waals surface area contributed by atoms with Crippen LogP contribution in [0.2, 0.25) is 0 Å². The molecule has 0 bridgehead atoms. The van der Waals surface area contributed by atoms with Gasteiger partial charge in [0, 0.05) is 18.5 Å². The van der Waals surface area contributed by atoms with E-state index >= 15 is 0 Å². The van der Waals surface area contributed by atoms with Gasteiger partial charge < -0.3 is 14.8 Å². The number of nitrogens with zero attached hydrogens (tertiary/aromatic N) is 2. The van der Waals surface area contributed by atoms with Gasteiger partial charge in [-0.25, -0.2) is 9.78 Å². The summed E-state index contributed by atoms with van der Waals surface area (Å²) in [6, 6.07) is 21.9. The molecule has 0 saturated carbocycles. The standard InChI is InChI=1S/C29H28N2O3/c32-18-17-27-30-28-25(23-15-13-22(14-16-23)21-5-2-1-3-6-21)7-4-8-26(28)31(27)19-20-9-11-24(12-10-20)29(33)34/h4-5,7-16,32H,1-3,6,17-19H2,(H,33,34). The van der Waals surface area contributed by atoms with Crippen molar-refractivity contribution in [3.63, 3.8) is 0 Å². The summed E-state index contributed by atoms with van der Waals surface area (Å²) >= 11 is 0. The third kappa shape index (κ3) is 4.39. The number of imidazole rings is 1. The van der Waals surface area contributed by atoms with Crippen molar-refractivity contribution in [3.8, 4) is 11.1 Å². The maximum absolute atomic E-state index is 11.2. The number of benzene rings is 3. The Hall–Kier alpha value is -3.70. The van der Waals surface area contributed by atoms with Gasteiger partial charge in [-0.1, -0.05) is 54.6 Å². The van der Waals surface area contributed by atoms with Gasteiger partial charge in [0.1, 0.15) is 5.82 Å². The summed E-state index contributed by atoms with van der Waals surface area (Å²) < 4.78 is 2.12. The first-order valence-electron chi connectivity index (χ1n) is 11.8. The van der Waals surface area contributed by atoms with Gasteiger partial charge in [0.05, 0.1) is 23.2 Å². The van der Waals surface area contributed by atoms with Gasteiger partial charge in [-0.15, -0.1) is 0 Å². The number of carboxylic acids is 1. The Morgan fingerprint density at radius 2 is 1.71 bits per heavy atom. The summed E-state index contributed by atoms with van der Waals surface area (Å²) in [5, 5.41) is 18.8. The second-order valence-electron chi connectivity index (χ2n) is 8.82. The number of fused-ring (bicyclic) bond motifs is 1. The van der Waals surface area contributed by atoms with Gasteiger partial charge in [-0.05, 0) is 66.1 Å². The molecular formula is C29H28N2O3. The third-order valence-electron chi connectivity index (χ3n) is 6.59. The molecule has 1 aliphatic rings. The van der Waals surface area contributed by atoms with Crippen LogP contribution < -0.4 is 0 Å². The van der Waals surface area contributed by atoms with Gasteiger partial charge in [0.15, 0.2) is 0 Å². The normalized spacial score (nSPS) is 13.7. The number of aliphatic hydroxyl groups excluding tert-OH is 1. The molecule has 0 radical (unpaired) electrons. The lowest BCUT2D eigenvalue weighted by molar-refractivity contribution is 0.0697. The second-order valence-corrected chi connectivity index (χ2v) is 8.82. The molecule has 1 heterocycles. The van der Waals surface area contributed by atoms with E-state index in [1.54, 1.807) is 12.1 Å². The van der Waals surface area contributed by atoms with Crippen LogP contribution in [-0.4, -0.2) is 32.3 Å². The molecule has 0 atom stereocenters. The van der Waals surface area contributed by atoms with Crippen molar-refractivity contribution in [1.29, 1.82) is 0 Å². The highest BCUT2D eigenvalue weighted by Gasteiger charge is 2.15. The molecule has 0 saturated heterocycles. The number of aromatic carboxylic acids is 1. The van der Waals surface area contributed by atoms with Gasteiger partial charge in [-0.2, -0.15) is 0 Å². The highest BCUT2D eigenvalue weighted by Crippen LogP contribution is 2.32. The van der Waals surface area contributed by atoms with Crippen molar-refractivity contribution in [2.45, 2.75) is 38.6 Å². The second kappa shape index (κ2) is 9.65. The maximum Gasteiger partial charge on any atom is 0.335 e. The number of hydrogen-bond donors (Lipinski definition) is 2. The van der Waals surface area contributed by atoms with Crippen molar-refractivity contribution < 1.29 is 15.0 Å². The quantitative estimate of drug-likeness (QED) is 0.364. The lowest BCUT2D eigenvalue weighted by Gasteiger charge is -2.13. The number of rotatable bonds is 7. The SMILES string of the molecule is O=C(O)c1ccc(Cn2c(CCO)nc3c(-c4ccc(C5=CCCCC5)cc4)cccc32)cc1. The number of hydrogen-bond acceptors (Lipinski definition) is 3. The molecule has 5 nitrogen and oxygen atoms in total. The molecule has 34 heavy (non-hydrogen) atoms. The first kappa shape index (κ1) is 22.1. The predicted octanol–water partition coefficient (Wildman–Crippen LogP) is 5.94. The minimum atomic E-state index is -0.934. The van der Waals surface area contributed by atoms with Crippen molar-refractivity contribution in [2.24, 2.45) is 0 Å². The van der Waals surface area contributed by atoms with Crippen LogP contribution in [0.1, 0.15) is 53.0 Å². The Labute approximate surface area is 199 Å². The molecule has 1 aromatic heterocycles. The van der Waals surface area contributed by atoms with Gasteiger partial charge >= 0.3 is 5.97 Å². The fraction of sp³-hybridized carbons (Fsp3) is 0.241. The van der Waals surface area contributed by atoms with E-state index in [-0.39, 0.29) is 12.2 Å². The number of carbonyl (C=O) groups is 1. The van der Waals surface area contributed by atoms with Crippen molar-refractivity contribution in [3.05, 3.63) is 95.3 Å². The fourth-order valence-electron chi connectivity index (χ4n) is 4.79. The van der Waals surface area contributed by atoms with Gasteiger partial charge in [-0.3, -0.25) is 0 Å². The molecule has 5 heteroatoms. The van der Waals surface area contributed by atoms with Crippen molar-refractivity contribution in [1.82, 2.24) is 9.55 Å². The zero-order valence-corrected chi connectivity index (χ0v) is 19.1. The number of aliphatic hydroxyl groups is 1. The summed E-state index contributed by atoms with van der Waals surface area (Å²) in [6.45, 7) is 0.572. The van der Waals surface area contributed by atoms with Gasteiger partial charge in [0.2, 0.25) is 0 Å². The Kier molecular flexibility index (Phi) is 6.28.